The Bertz CT molecular complexity index is 2180. The Morgan fingerprint density at radius 3 is 2.46 bits per heavy atom. The molecule has 0 amide bonds. The number of methoxy groups -OCH3 is 1. The second-order valence-electron chi connectivity index (χ2n) is 10.7. The van der Waals surface area contributed by atoms with E-state index in [0.717, 1.165) is 35.2 Å². The molecule has 1 atom stereocenters. The third kappa shape index (κ3) is 7.19. The molecule has 244 valence electrons. The van der Waals surface area contributed by atoms with Crippen molar-refractivity contribution in [1.82, 2.24) is 4.57 Å². The van der Waals surface area contributed by atoms with Gasteiger partial charge in [-0.15, -0.1) is 11.8 Å². The van der Waals surface area contributed by atoms with Crippen LogP contribution in [0.4, 0.5) is 0 Å². The van der Waals surface area contributed by atoms with Crippen LogP contribution in [0.1, 0.15) is 35.2 Å². The summed E-state index contributed by atoms with van der Waals surface area (Å²) in [7, 11) is 1.60. The van der Waals surface area contributed by atoms with E-state index in [1.54, 1.807) is 30.4 Å². The highest BCUT2D eigenvalue weighted by atomic mass is 127. The van der Waals surface area contributed by atoms with Gasteiger partial charge in [0, 0.05) is 14.9 Å². The molecule has 0 radical (unpaired) electrons. The average molecular weight is 854 g/mol. The normalized spacial score (nSPS) is 14.4. The van der Waals surface area contributed by atoms with Gasteiger partial charge in [-0.2, -0.15) is 0 Å². The Kier molecular flexibility index (Phi) is 10.9. The first-order chi connectivity index (χ1) is 23.3. The summed E-state index contributed by atoms with van der Waals surface area (Å²) < 4.78 is 21.4. The zero-order chi connectivity index (χ0) is 33.8. The Morgan fingerprint density at radius 1 is 1.06 bits per heavy atom. The molecule has 2 heterocycles. The van der Waals surface area contributed by atoms with E-state index in [4.69, 9.17) is 19.2 Å². The lowest BCUT2D eigenvalue weighted by molar-refractivity contribution is -0.138. The zero-order valence-electron chi connectivity index (χ0n) is 26.2. The van der Waals surface area contributed by atoms with Crippen LogP contribution in [0.15, 0.2) is 116 Å². The third-order valence-corrected chi connectivity index (χ3v) is 10.7. The lowest BCUT2D eigenvalue weighted by atomic mass is 9.93. The van der Waals surface area contributed by atoms with Crippen molar-refractivity contribution in [3.8, 4) is 11.5 Å². The molecular formula is C37H30BrIN2O5S2. The van der Waals surface area contributed by atoms with Crippen molar-refractivity contribution < 1.29 is 19.0 Å². The second kappa shape index (κ2) is 15.3. The van der Waals surface area contributed by atoms with Crippen LogP contribution in [-0.2, 0) is 16.1 Å². The van der Waals surface area contributed by atoms with E-state index in [0.29, 0.717) is 38.7 Å². The van der Waals surface area contributed by atoms with Gasteiger partial charge in [0.2, 0.25) is 0 Å². The van der Waals surface area contributed by atoms with Crippen LogP contribution in [0.3, 0.4) is 0 Å². The molecule has 0 aliphatic carbocycles. The predicted octanol–water partition coefficient (Wildman–Crippen LogP) is 7.61. The van der Waals surface area contributed by atoms with E-state index in [9.17, 15) is 9.59 Å². The summed E-state index contributed by atoms with van der Waals surface area (Å²) >= 11 is 8.59. The lowest BCUT2D eigenvalue weighted by Gasteiger charge is -2.26. The summed E-state index contributed by atoms with van der Waals surface area (Å²) in [5.41, 5.74) is 3.90. The van der Waals surface area contributed by atoms with E-state index in [1.807, 2.05) is 103 Å². The molecule has 11 heteroatoms. The summed E-state index contributed by atoms with van der Waals surface area (Å²) in [6.07, 6.45) is 3.84. The van der Waals surface area contributed by atoms with Gasteiger partial charge in [-0.3, -0.25) is 9.36 Å². The molecule has 0 unspecified atom stereocenters. The van der Waals surface area contributed by atoms with E-state index >= 15 is 0 Å². The first-order valence-corrected chi connectivity index (χ1v) is 18.9. The van der Waals surface area contributed by atoms with Gasteiger partial charge >= 0.3 is 5.97 Å². The molecule has 4 aromatic carbocycles. The summed E-state index contributed by atoms with van der Waals surface area (Å²) in [4.78, 5) is 34.6. The highest BCUT2D eigenvalue weighted by molar-refractivity contribution is 14.1. The number of thioether (sulfide) groups is 1. The van der Waals surface area contributed by atoms with Gasteiger partial charge in [0.25, 0.3) is 5.56 Å². The molecule has 1 aromatic heterocycles. The fourth-order valence-electron chi connectivity index (χ4n) is 5.39. The molecule has 48 heavy (non-hydrogen) atoms. The van der Waals surface area contributed by atoms with Gasteiger partial charge in [0.15, 0.2) is 16.3 Å². The maximum Gasteiger partial charge on any atom is 0.338 e. The van der Waals surface area contributed by atoms with Gasteiger partial charge in [-0.1, -0.05) is 81.9 Å². The van der Waals surface area contributed by atoms with E-state index in [1.165, 1.54) is 11.3 Å². The number of fused-ring (bicyclic) bond motifs is 1. The average Bonchev–Trinajstić information content (AvgIpc) is 3.41. The van der Waals surface area contributed by atoms with Gasteiger partial charge in [-0.05, 0) is 94.9 Å². The van der Waals surface area contributed by atoms with Gasteiger partial charge in [-0.25, -0.2) is 9.79 Å². The number of hydrogen-bond donors (Lipinski definition) is 0. The molecule has 0 N–H and O–H groups in total. The molecular weight excluding hydrogens is 823 g/mol. The standard InChI is InChI=1S/C37H30BrIN2O5S2/c1-4-45-36(43)31-32(24-8-6-5-7-9-24)40-37-41(33(31)25-12-16-27(47-3)17-13-25)35(42)30(48-37)20-23-18-28(39)34(29(19-23)44-2)46-21-22-10-14-26(38)15-11-22/h5-20,33H,4,21H2,1-3H3/b30-20-/t33-/m0/s1. The molecule has 7 nitrogen and oxygen atoms in total. The SMILES string of the molecule is CCOC(=O)C1=C(c2ccccc2)N=c2s/c(=C\c3cc(I)c(OCc4ccc(Br)cc4)c(OC)c3)c(=O)n2[C@H]1c1ccc(SC)cc1. The van der Waals surface area contributed by atoms with Gasteiger partial charge in [0.05, 0.1) is 39.1 Å². The van der Waals surface area contributed by atoms with E-state index < -0.39 is 12.0 Å². The molecule has 0 saturated heterocycles. The lowest BCUT2D eigenvalue weighted by Crippen LogP contribution is -2.40. The molecule has 0 spiro atoms. The van der Waals surface area contributed by atoms with Crippen LogP contribution >= 0.6 is 61.6 Å². The number of benzene rings is 4. The fourth-order valence-corrected chi connectivity index (χ4v) is 7.85. The van der Waals surface area contributed by atoms with Crippen molar-refractivity contribution in [3.05, 3.63) is 147 Å². The maximum absolute atomic E-state index is 14.3. The molecule has 6 rings (SSSR count). The topological polar surface area (TPSA) is 79.1 Å². The van der Waals surface area contributed by atoms with Gasteiger partial charge in [0.1, 0.15) is 6.61 Å². The van der Waals surface area contributed by atoms with Crippen molar-refractivity contribution in [2.75, 3.05) is 20.0 Å². The molecule has 0 fully saturated rings. The minimum Gasteiger partial charge on any atom is -0.493 e. The number of rotatable bonds is 10. The number of hydrogen-bond acceptors (Lipinski definition) is 8. The summed E-state index contributed by atoms with van der Waals surface area (Å²) in [6, 6.07) is 28.5. The summed E-state index contributed by atoms with van der Waals surface area (Å²) in [6.45, 7) is 2.34. The molecule has 1 aliphatic heterocycles. The van der Waals surface area contributed by atoms with Crippen molar-refractivity contribution in [1.29, 1.82) is 0 Å². The number of ether oxygens (including phenoxy) is 3. The van der Waals surface area contributed by atoms with Crippen LogP contribution in [0, 0.1) is 3.57 Å². The minimum absolute atomic E-state index is 0.191. The van der Waals surface area contributed by atoms with Crippen LogP contribution in [-0.4, -0.2) is 30.5 Å². The highest BCUT2D eigenvalue weighted by Crippen LogP contribution is 2.37. The Morgan fingerprint density at radius 2 is 1.79 bits per heavy atom. The van der Waals surface area contributed by atoms with Crippen molar-refractivity contribution in [3.63, 3.8) is 0 Å². The van der Waals surface area contributed by atoms with Crippen LogP contribution in [0.2, 0.25) is 0 Å². The molecule has 0 saturated carbocycles. The fraction of sp³-hybridized carbons (Fsp3) is 0.162. The summed E-state index contributed by atoms with van der Waals surface area (Å²) in [5, 5.41) is 0. The van der Waals surface area contributed by atoms with Crippen LogP contribution in [0.5, 0.6) is 11.5 Å². The Labute approximate surface area is 308 Å². The number of aromatic nitrogens is 1. The van der Waals surface area contributed by atoms with Crippen LogP contribution < -0.4 is 24.4 Å². The molecule has 1 aliphatic rings. The molecule has 5 aromatic rings. The molecule has 0 bridgehead atoms. The minimum atomic E-state index is -0.738. The number of thiazole rings is 1. The van der Waals surface area contributed by atoms with Crippen LogP contribution in [0.25, 0.3) is 11.8 Å². The van der Waals surface area contributed by atoms with Gasteiger partial charge < -0.3 is 14.2 Å². The van der Waals surface area contributed by atoms with Crippen molar-refractivity contribution in [2.45, 2.75) is 24.5 Å². The highest BCUT2D eigenvalue weighted by Gasteiger charge is 2.35. The Balaban J connectivity index is 1.49. The second-order valence-corrected chi connectivity index (χ2v) is 14.6. The first kappa shape index (κ1) is 34.2. The number of esters is 1. The van der Waals surface area contributed by atoms with E-state index in [-0.39, 0.29) is 12.2 Å². The third-order valence-electron chi connectivity index (χ3n) is 7.65. The zero-order valence-corrected chi connectivity index (χ0v) is 31.6. The van der Waals surface area contributed by atoms with Crippen molar-refractivity contribution in [2.24, 2.45) is 4.99 Å². The van der Waals surface area contributed by atoms with E-state index in [2.05, 4.69) is 38.5 Å². The monoisotopic (exact) mass is 852 g/mol. The number of nitrogens with zero attached hydrogens (tertiary/aromatic N) is 2. The Hall–Kier alpha value is -3.65. The largest absolute Gasteiger partial charge is 0.493 e. The quantitative estimate of drug-likeness (QED) is 0.0819. The first-order valence-electron chi connectivity index (χ1n) is 15.0. The van der Waals surface area contributed by atoms with Crippen molar-refractivity contribution >= 4 is 79.4 Å². The maximum atomic E-state index is 14.3. The number of carbonyl (C=O) groups is 1. The number of carbonyl (C=O) groups excluding carboxylic acids is 1. The predicted molar refractivity (Wildman–Crippen MR) is 203 cm³/mol. The number of halogens is 2. The smallest absolute Gasteiger partial charge is 0.338 e. The summed E-state index contributed by atoms with van der Waals surface area (Å²) in [5.74, 6) is 0.673.